The molecule has 0 bridgehead atoms. The van der Waals surface area contributed by atoms with Gasteiger partial charge in [-0.15, -0.1) is 0 Å². The van der Waals surface area contributed by atoms with Crippen molar-refractivity contribution in [3.8, 4) is 0 Å². The van der Waals surface area contributed by atoms with Crippen LogP contribution >= 0.6 is 0 Å². The average molecular weight is 442 g/mol. The van der Waals surface area contributed by atoms with E-state index in [1.54, 1.807) is 30.3 Å². The van der Waals surface area contributed by atoms with Gasteiger partial charge in [-0.1, -0.05) is 30.3 Å². The number of carboxylic acids is 1. The van der Waals surface area contributed by atoms with Crippen LogP contribution in [0.3, 0.4) is 0 Å². The van der Waals surface area contributed by atoms with Crippen LogP contribution in [0.5, 0.6) is 0 Å². The van der Waals surface area contributed by atoms with E-state index in [1.807, 2.05) is 0 Å². The normalized spacial score (nSPS) is 15.6. The third-order valence-electron chi connectivity index (χ3n) is 4.24. The molecule has 0 fully saturated rings. The highest BCUT2D eigenvalue weighted by molar-refractivity contribution is 5.83. The molecule has 1 rings (SSSR count). The second-order valence-corrected chi connectivity index (χ2v) is 6.60. The summed E-state index contributed by atoms with van der Waals surface area (Å²) in [5.74, 6) is -2.27. The van der Waals surface area contributed by atoms with Crippen molar-refractivity contribution in [3.63, 3.8) is 0 Å². The van der Waals surface area contributed by atoms with Crippen molar-refractivity contribution >= 4 is 24.3 Å². The molecule has 5 atom stereocenters. The minimum atomic E-state index is -1.91. The first-order valence-corrected chi connectivity index (χ1v) is 9.29. The number of hydrogen-bond acceptors (Lipinski definition) is 9. The largest absolute Gasteiger partial charge is 0.480 e. The summed E-state index contributed by atoms with van der Waals surface area (Å²) in [5, 5.41) is 50.9. The number of alkyl carbamates (subject to hydrolysis) is 1. The Hall–Kier alpha value is -3.06. The van der Waals surface area contributed by atoms with Crippen molar-refractivity contribution in [3.05, 3.63) is 35.9 Å². The van der Waals surface area contributed by atoms with Gasteiger partial charge >= 0.3 is 12.1 Å². The molecule has 31 heavy (non-hydrogen) atoms. The van der Waals surface area contributed by atoms with Gasteiger partial charge in [-0.25, -0.2) is 9.59 Å². The molecule has 0 heterocycles. The van der Waals surface area contributed by atoms with Crippen molar-refractivity contribution < 1.29 is 49.4 Å². The monoisotopic (exact) mass is 442 g/mol. The average Bonchev–Trinajstić information content (AvgIpc) is 2.77. The predicted molar refractivity (Wildman–Crippen MR) is 104 cm³/mol. The fourth-order valence-electron chi connectivity index (χ4n) is 2.45. The Balaban J connectivity index is 2.53. The number of aliphatic carboxylic acids is 1. The number of carboxylic acid groups (broad SMARTS) is 1. The van der Waals surface area contributed by atoms with Gasteiger partial charge in [0.15, 0.2) is 0 Å². The lowest BCUT2D eigenvalue weighted by Crippen LogP contribution is -2.53. The topological polar surface area (TPSA) is 203 Å². The summed E-state index contributed by atoms with van der Waals surface area (Å²) >= 11 is 0. The molecule has 0 radical (unpaired) electrons. The summed E-state index contributed by atoms with van der Waals surface area (Å²) in [4.78, 5) is 46.2. The lowest BCUT2D eigenvalue weighted by Gasteiger charge is -2.26. The van der Waals surface area contributed by atoms with E-state index in [0.717, 1.165) is 0 Å². The third kappa shape index (κ3) is 9.09. The van der Waals surface area contributed by atoms with Gasteiger partial charge in [0.25, 0.3) is 0 Å². The Morgan fingerprint density at radius 1 is 1.03 bits per heavy atom. The molecule has 1 aromatic rings. The maximum absolute atomic E-state index is 12.0. The van der Waals surface area contributed by atoms with Crippen LogP contribution in [0.1, 0.15) is 18.4 Å². The standard InChI is InChI=1S/C19H26N2O10/c22-8-13(16(26)17(27)14(24)9-23)20-15(25)7-6-12(18(28)29)21-19(30)31-10-11-4-2-1-3-5-11/h1-5,8,12-14,16-17,23-24,26-27H,6-7,9-10H2,(H,20,25)(H,21,30)(H,28,29)/t12-,13-,14+,16+,17-/m0/s1. The molecule has 0 spiro atoms. The first-order valence-electron chi connectivity index (χ1n) is 9.29. The van der Waals surface area contributed by atoms with Crippen LogP contribution in [0.15, 0.2) is 30.3 Å². The molecule has 172 valence electrons. The van der Waals surface area contributed by atoms with Crippen LogP contribution < -0.4 is 10.6 Å². The summed E-state index contributed by atoms with van der Waals surface area (Å²) in [5.41, 5.74) is 0.691. The molecule has 1 aromatic carbocycles. The Morgan fingerprint density at radius 2 is 1.68 bits per heavy atom. The number of amides is 2. The van der Waals surface area contributed by atoms with Crippen LogP contribution in [-0.4, -0.2) is 86.8 Å². The van der Waals surface area contributed by atoms with Crippen LogP contribution in [0.4, 0.5) is 4.79 Å². The predicted octanol–water partition coefficient (Wildman–Crippen LogP) is -2.10. The number of nitrogens with one attached hydrogen (secondary N) is 2. The zero-order valence-corrected chi connectivity index (χ0v) is 16.5. The van der Waals surface area contributed by atoms with Gasteiger partial charge in [0.05, 0.1) is 6.61 Å². The second kappa shape index (κ2) is 13.3. The number of carbonyl (C=O) groups is 4. The molecular formula is C19H26N2O10. The summed E-state index contributed by atoms with van der Waals surface area (Å²) in [6.45, 7) is -0.968. The van der Waals surface area contributed by atoms with Gasteiger partial charge in [-0.2, -0.15) is 0 Å². The molecule has 0 saturated heterocycles. The first kappa shape index (κ1) is 26.0. The molecule has 12 heteroatoms. The van der Waals surface area contributed by atoms with Gasteiger partial charge in [-0.05, 0) is 12.0 Å². The summed E-state index contributed by atoms with van der Waals surface area (Å²) in [7, 11) is 0. The Bertz CT molecular complexity index is 730. The molecule has 0 aliphatic heterocycles. The Labute approximate surface area is 177 Å². The number of ether oxygens (including phenoxy) is 1. The Kier molecular flexibility index (Phi) is 11.1. The van der Waals surface area contributed by atoms with Crippen LogP contribution in [0.2, 0.25) is 0 Å². The fourth-order valence-corrected chi connectivity index (χ4v) is 2.45. The van der Waals surface area contributed by atoms with Crippen molar-refractivity contribution in [2.24, 2.45) is 0 Å². The van der Waals surface area contributed by atoms with Gasteiger partial charge in [0.1, 0.15) is 43.3 Å². The molecule has 0 aliphatic rings. The van der Waals surface area contributed by atoms with E-state index in [0.29, 0.717) is 5.56 Å². The lowest BCUT2D eigenvalue weighted by molar-refractivity contribution is -0.139. The lowest BCUT2D eigenvalue weighted by atomic mass is 10.0. The van der Waals surface area contributed by atoms with Crippen LogP contribution in [0, 0.1) is 0 Å². The van der Waals surface area contributed by atoms with Crippen LogP contribution in [0.25, 0.3) is 0 Å². The molecular weight excluding hydrogens is 416 g/mol. The summed E-state index contributed by atoms with van der Waals surface area (Å²) < 4.78 is 4.92. The summed E-state index contributed by atoms with van der Waals surface area (Å²) in [6, 6.07) is 5.59. The number of aliphatic hydroxyl groups is 4. The summed E-state index contributed by atoms with van der Waals surface area (Å²) in [6.07, 6.45) is -7.25. The smallest absolute Gasteiger partial charge is 0.408 e. The number of benzene rings is 1. The van der Waals surface area contributed by atoms with E-state index >= 15 is 0 Å². The van der Waals surface area contributed by atoms with E-state index in [9.17, 15) is 39.6 Å². The maximum atomic E-state index is 12.0. The van der Waals surface area contributed by atoms with Crippen molar-refractivity contribution in [1.29, 1.82) is 0 Å². The molecule has 0 aliphatic carbocycles. The van der Waals surface area contributed by atoms with Gasteiger partial charge in [-0.3, -0.25) is 4.79 Å². The fraction of sp³-hybridized carbons (Fsp3) is 0.474. The number of aliphatic hydroxyl groups excluding tert-OH is 4. The molecule has 12 nitrogen and oxygen atoms in total. The molecule has 0 saturated carbocycles. The van der Waals surface area contributed by atoms with Crippen LogP contribution in [-0.2, 0) is 25.7 Å². The highest BCUT2D eigenvalue weighted by Crippen LogP contribution is 2.06. The first-order chi connectivity index (χ1) is 14.7. The van der Waals surface area contributed by atoms with Gasteiger partial charge in [0, 0.05) is 6.42 Å². The third-order valence-corrected chi connectivity index (χ3v) is 4.24. The quantitative estimate of drug-likeness (QED) is 0.166. The second-order valence-electron chi connectivity index (χ2n) is 6.60. The molecule has 0 aromatic heterocycles. The molecule has 0 unspecified atom stereocenters. The van der Waals surface area contributed by atoms with E-state index in [4.69, 9.17) is 9.84 Å². The van der Waals surface area contributed by atoms with E-state index in [-0.39, 0.29) is 19.3 Å². The Morgan fingerprint density at radius 3 is 2.23 bits per heavy atom. The van der Waals surface area contributed by atoms with Gasteiger partial charge in [0.2, 0.25) is 5.91 Å². The van der Waals surface area contributed by atoms with E-state index in [1.165, 1.54) is 0 Å². The zero-order valence-electron chi connectivity index (χ0n) is 16.5. The zero-order chi connectivity index (χ0) is 23.4. The maximum Gasteiger partial charge on any atom is 0.408 e. The SMILES string of the molecule is O=C[C@H](NC(=O)CC[C@H](NC(=O)OCc1ccccc1)C(=O)O)[C@@H](O)[C@@H](O)[C@H](O)CO. The highest BCUT2D eigenvalue weighted by atomic mass is 16.5. The van der Waals surface area contributed by atoms with Gasteiger partial charge < -0.3 is 45.7 Å². The number of hydrogen-bond donors (Lipinski definition) is 7. The van der Waals surface area contributed by atoms with Crippen molar-refractivity contribution in [2.45, 2.75) is 49.8 Å². The minimum absolute atomic E-state index is 0.0829. The number of aldehydes is 1. The number of carbonyl (C=O) groups excluding carboxylic acids is 3. The molecule has 7 N–H and O–H groups in total. The minimum Gasteiger partial charge on any atom is -0.480 e. The highest BCUT2D eigenvalue weighted by Gasteiger charge is 2.32. The number of rotatable bonds is 13. The van der Waals surface area contributed by atoms with E-state index in [2.05, 4.69) is 10.6 Å². The van der Waals surface area contributed by atoms with Crippen molar-refractivity contribution in [2.75, 3.05) is 6.61 Å². The van der Waals surface area contributed by atoms with E-state index < -0.39 is 61.4 Å². The molecule has 2 amide bonds. The van der Waals surface area contributed by atoms with Crippen molar-refractivity contribution in [1.82, 2.24) is 10.6 Å².